The number of rotatable bonds is 2. The third kappa shape index (κ3) is 2.08. The summed E-state index contributed by atoms with van der Waals surface area (Å²) in [5.41, 5.74) is -0.0747. The number of ether oxygens (including phenoxy) is 4. The van der Waals surface area contributed by atoms with E-state index in [0.717, 1.165) is 0 Å². The summed E-state index contributed by atoms with van der Waals surface area (Å²) in [5, 5.41) is 0. The Balaban J connectivity index is 1.90. The molecule has 7 atom stereocenters. The SMILES string of the molecule is CO[C@@]1(C)O[C@@H]2[C@@H]3[C@H](C(=O)C[C@H]2O[C@]1(C)OC)N3C(C)(C)C. The van der Waals surface area contributed by atoms with Gasteiger partial charge in [0, 0.05) is 26.2 Å². The number of methoxy groups -OCH3 is 2. The van der Waals surface area contributed by atoms with Crippen molar-refractivity contribution in [3.63, 3.8) is 0 Å². The summed E-state index contributed by atoms with van der Waals surface area (Å²) in [4.78, 5) is 14.6. The van der Waals surface area contributed by atoms with Crippen molar-refractivity contribution < 1.29 is 23.7 Å². The van der Waals surface area contributed by atoms with E-state index in [1.54, 1.807) is 21.1 Å². The number of carbonyl (C=O) groups excluding carboxylic acids is 1. The van der Waals surface area contributed by atoms with Crippen molar-refractivity contribution in [2.75, 3.05) is 14.2 Å². The van der Waals surface area contributed by atoms with E-state index in [-0.39, 0.29) is 35.6 Å². The summed E-state index contributed by atoms with van der Waals surface area (Å²) < 4.78 is 23.5. The molecule has 2 heterocycles. The molecule has 0 aromatic rings. The Morgan fingerprint density at radius 3 is 2.18 bits per heavy atom. The minimum atomic E-state index is -1.04. The van der Waals surface area contributed by atoms with Gasteiger partial charge in [0.1, 0.15) is 6.10 Å². The number of Topliss-reactive ketones (excluding diaryl/α,β-unsaturated/α-hetero) is 1. The molecule has 3 fully saturated rings. The summed E-state index contributed by atoms with van der Waals surface area (Å²) in [6, 6.07) is -0.0000109. The number of fused-ring (bicyclic) bond motifs is 3. The third-order valence-electron chi connectivity index (χ3n) is 5.41. The highest BCUT2D eigenvalue weighted by Crippen LogP contribution is 2.51. The highest BCUT2D eigenvalue weighted by Gasteiger charge is 2.70. The van der Waals surface area contributed by atoms with Crippen molar-refractivity contribution in [2.45, 2.75) is 82.4 Å². The molecule has 3 aliphatic rings. The van der Waals surface area contributed by atoms with Crippen LogP contribution in [0.2, 0.25) is 0 Å². The molecule has 1 saturated carbocycles. The van der Waals surface area contributed by atoms with E-state index < -0.39 is 11.6 Å². The summed E-state index contributed by atoms with van der Waals surface area (Å²) in [5.74, 6) is -1.83. The van der Waals surface area contributed by atoms with E-state index in [1.807, 2.05) is 6.92 Å². The number of ketones is 1. The van der Waals surface area contributed by atoms with E-state index in [2.05, 4.69) is 25.7 Å². The maximum Gasteiger partial charge on any atom is 0.220 e. The normalized spacial score (nSPS) is 51.2. The van der Waals surface area contributed by atoms with Crippen LogP contribution in [0, 0.1) is 0 Å². The Kier molecular flexibility index (Phi) is 3.52. The van der Waals surface area contributed by atoms with E-state index in [4.69, 9.17) is 18.9 Å². The molecule has 0 bridgehead atoms. The highest BCUT2D eigenvalue weighted by atomic mass is 16.8. The summed E-state index contributed by atoms with van der Waals surface area (Å²) in [7, 11) is 3.15. The topological polar surface area (TPSA) is 57.0 Å². The lowest BCUT2D eigenvalue weighted by atomic mass is 9.90. The molecule has 0 aromatic carbocycles. The van der Waals surface area contributed by atoms with Crippen LogP contribution in [0.15, 0.2) is 0 Å². The minimum Gasteiger partial charge on any atom is -0.349 e. The van der Waals surface area contributed by atoms with E-state index in [1.165, 1.54) is 0 Å². The van der Waals surface area contributed by atoms with Gasteiger partial charge < -0.3 is 18.9 Å². The Bertz CT molecular complexity index is 489. The Labute approximate surface area is 132 Å². The van der Waals surface area contributed by atoms with E-state index in [0.29, 0.717) is 6.42 Å². The molecule has 3 rings (SSSR count). The number of hydrogen-bond donors (Lipinski definition) is 0. The third-order valence-corrected chi connectivity index (χ3v) is 5.41. The lowest BCUT2D eigenvalue weighted by molar-refractivity contribution is -0.448. The summed E-state index contributed by atoms with van der Waals surface area (Å²) >= 11 is 0. The molecular weight excluding hydrogens is 286 g/mol. The van der Waals surface area contributed by atoms with Gasteiger partial charge >= 0.3 is 0 Å². The highest BCUT2D eigenvalue weighted by molar-refractivity contribution is 5.90. The molecule has 0 aromatic heterocycles. The van der Waals surface area contributed by atoms with Crippen molar-refractivity contribution in [3.05, 3.63) is 0 Å². The molecule has 2 aliphatic heterocycles. The molecular formula is C16H27NO5. The van der Waals surface area contributed by atoms with Crippen LogP contribution < -0.4 is 0 Å². The number of carbonyl (C=O) groups is 1. The van der Waals surface area contributed by atoms with E-state index >= 15 is 0 Å². The van der Waals surface area contributed by atoms with Crippen molar-refractivity contribution in [1.29, 1.82) is 0 Å². The van der Waals surface area contributed by atoms with Crippen LogP contribution in [-0.4, -0.2) is 66.3 Å². The molecule has 22 heavy (non-hydrogen) atoms. The fourth-order valence-corrected chi connectivity index (χ4v) is 3.94. The molecule has 0 N–H and O–H groups in total. The first kappa shape index (κ1) is 16.3. The van der Waals surface area contributed by atoms with Gasteiger partial charge in [-0.2, -0.15) is 0 Å². The van der Waals surface area contributed by atoms with Gasteiger partial charge in [0.15, 0.2) is 5.78 Å². The lowest BCUT2D eigenvalue weighted by Crippen LogP contribution is -2.67. The second-order valence-corrected chi connectivity index (χ2v) is 7.72. The Morgan fingerprint density at radius 1 is 1.14 bits per heavy atom. The van der Waals surface area contributed by atoms with Crippen LogP contribution in [-0.2, 0) is 23.7 Å². The first-order valence-electron chi connectivity index (χ1n) is 7.85. The number of hydrogen-bond acceptors (Lipinski definition) is 6. The fourth-order valence-electron chi connectivity index (χ4n) is 3.94. The van der Waals surface area contributed by atoms with Gasteiger partial charge in [-0.05, 0) is 34.6 Å². The molecule has 2 saturated heterocycles. The number of nitrogens with zero attached hydrogens (tertiary/aromatic N) is 1. The first-order chi connectivity index (χ1) is 10.1. The molecule has 0 spiro atoms. The molecule has 6 heteroatoms. The van der Waals surface area contributed by atoms with Gasteiger partial charge in [0.25, 0.3) is 0 Å². The van der Waals surface area contributed by atoms with E-state index in [9.17, 15) is 4.79 Å². The van der Waals surface area contributed by atoms with Gasteiger partial charge in [-0.1, -0.05) is 0 Å². The monoisotopic (exact) mass is 313 g/mol. The smallest absolute Gasteiger partial charge is 0.220 e. The largest absolute Gasteiger partial charge is 0.349 e. The quantitative estimate of drug-likeness (QED) is 0.717. The van der Waals surface area contributed by atoms with Crippen LogP contribution in [0.5, 0.6) is 0 Å². The average molecular weight is 313 g/mol. The molecule has 0 amide bonds. The average Bonchev–Trinajstić information content (AvgIpc) is 3.18. The van der Waals surface area contributed by atoms with Crippen LogP contribution >= 0.6 is 0 Å². The fraction of sp³-hybridized carbons (Fsp3) is 0.938. The predicted molar refractivity (Wildman–Crippen MR) is 79.4 cm³/mol. The molecule has 1 aliphatic carbocycles. The number of likely N-dealkylation sites (tertiary alicyclic amines) is 1. The van der Waals surface area contributed by atoms with Crippen molar-refractivity contribution >= 4 is 5.78 Å². The van der Waals surface area contributed by atoms with Crippen molar-refractivity contribution in [3.8, 4) is 0 Å². The first-order valence-corrected chi connectivity index (χ1v) is 7.85. The van der Waals surface area contributed by atoms with Crippen LogP contribution in [0.1, 0.15) is 41.0 Å². The molecule has 0 radical (unpaired) electrons. The van der Waals surface area contributed by atoms with Crippen LogP contribution in [0.4, 0.5) is 0 Å². The van der Waals surface area contributed by atoms with Crippen molar-refractivity contribution in [2.24, 2.45) is 0 Å². The maximum atomic E-state index is 12.4. The minimum absolute atomic E-state index is 0.0575. The van der Waals surface area contributed by atoms with Crippen LogP contribution in [0.25, 0.3) is 0 Å². The van der Waals surface area contributed by atoms with Crippen molar-refractivity contribution in [1.82, 2.24) is 4.90 Å². The van der Waals surface area contributed by atoms with Gasteiger partial charge in [0.05, 0.1) is 18.2 Å². The van der Waals surface area contributed by atoms with Gasteiger partial charge in [-0.25, -0.2) is 0 Å². The second kappa shape index (κ2) is 4.74. The zero-order valence-electron chi connectivity index (χ0n) is 14.5. The second-order valence-electron chi connectivity index (χ2n) is 7.72. The zero-order chi connectivity index (χ0) is 16.5. The standard InChI is InChI=1S/C16H27NO5/c1-14(2,3)17-11-9(18)8-10-13(12(11)17)22-16(5,20-7)15(4,19-6)21-10/h10-13H,8H2,1-7H3/t10-,11+,12+,13+,15+,16+,17?/m1/s1. The van der Waals surface area contributed by atoms with Gasteiger partial charge in [0.2, 0.25) is 11.6 Å². The molecule has 1 unspecified atom stereocenters. The van der Waals surface area contributed by atoms with Crippen LogP contribution in [0.3, 0.4) is 0 Å². The maximum absolute atomic E-state index is 12.4. The Hall–Kier alpha value is -0.530. The summed E-state index contributed by atoms with van der Waals surface area (Å²) in [6.45, 7) is 9.96. The summed E-state index contributed by atoms with van der Waals surface area (Å²) in [6.07, 6.45) is -0.124. The van der Waals surface area contributed by atoms with Gasteiger partial charge in [-0.15, -0.1) is 0 Å². The predicted octanol–water partition coefficient (Wildman–Crippen LogP) is 1.32. The molecule has 6 nitrogen and oxygen atoms in total. The lowest BCUT2D eigenvalue weighted by Gasteiger charge is -2.52. The zero-order valence-corrected chi connectivity index (χ0v) is 14.5. The Morgan fingerprint density at radius 2 is 1.68 bits per heavy atom. The van der Waals surface area contributed by atoms with Gasteiger partial charge in [-0.3, -0.25) is 9.69 Å². The molecule has 126 valence electrons.